The predicted octanol–water partition coefficient (Wildman–Crippen LogP) is 1.16. The molecule has 5 heteroatoms. The largest absolute Gasteiger partial charge is 0.399 e. The summed E-state index contributed by atoms with van der Waals surface area (Å²) in [6, 6.07) is 6.15. The van der Waals surface area contributed by atoms with E-state index in [4.69, 9.17) is 5.73 Å². The average molecular weight is 263 g/mol. The summed E-state index contributed by atoms with van der Waals surface area (Å²) in [4.78, 5) is 23.8. The molecule has 0 fully saturated rings. The molecule has 1 rings (SSSR count). The van der Waals surface area contributed by atoms with Crippen LogP contribution in [0.25, 0.3) is 0 Å². The van der Waals surface area contributed by atoms with Gasteiger partial charge < -0.3 is 16.4 Å². The van der Waals surface area contributed by atoms with Crippen molar-refractivity contribution in [2.45, 2.75) is 26.3 Å². The maximum Gasteiger partial charge on any atom is 0.252 e. The maximum absolute atomic E-state index is 12.1. The molecule has 0 saturated carbocycles. The quantitative estimate of drug-likeness (QED) is 0.697. The van der Waals surface area contributed by atoms with Crippen LogP contribution >= 0.6 is 0 Å². The lowest BCUT2D eigenvalue weighted by Crippen LogP contribution is -2.46. The van der Waals surface area contributed by atoms with Crippen molar-refractivity contribution in [3.8, 4) is 0 Å². The van der Waals surface area contributed by atoms with Crippen LogP contribution in [0.5, 0.6) is 0 Å². The fraction of sp³-hybridized carbons (Fsp3) is 0.429. The number of nitrogens with two attached hydrogens (primary N) is 1. The lowest BCUT2D eigenvalue weighted by atomic mass is 10.0. The standard InChI is InChI=1S/C14H21N3O2/c1-9(2)7-12(14(19)16-3)17-13(18)10-5-4-6-11(15)8-10/h4-6,8-9,12H,7,15H2,1-3H3,(H,16,19)(H,17,18). The Bertz CT molecular complexity index is 458. The molecule has 1 unspecified atom stereocenters. The molecule has 4 N–H and O–H groups in total. The van der Waals surface area contributed by atoms with E-state index >= 15 is 0 Å². The van der Waals surface area contributed by atoms with Gasteiger partial charge in [0.1, 0.15) is 6.04 Å². The highest BCUT2D eigenvalue weighted by Gasteiger charge is 2.21. The Hall–Kier alpha value is -2.04. The molecular weight excluding hydrogens is 242 g/mol. The Morgan fingerprint density at radius 3 is 2.53 bits per heavy atom. The summed E-state index contributed by atoms with van der Waals surface area (Å²) in [6.07, 6.45) is 0.591. The molecule has 0 aliphatic carbocycles. The van der Waals surface area contributed by atoms with E-state index in [0.717, 1.165) is 0 Å². The number of hydrogen-bond acceptors (Lipinski definition) is 3. The molecule has 0 aliphatic rings. The van der Waals surface area contributed by atoms with Crippen molar-refractivity contribution in [2.75, 3.05) is 12.8 Å². The van der Waals surface area contributed by atoms with Crippen LogP contribution in [0.15, 0.2) is 24.3 Å². The van der Waals surface area contributed by atoms with Gasteiger partial charge in [0.15, 0.2) is 0 Å². The number of nitrogens with one attached hydrogen (secondary N) is 2. The fourth-order valence-electron chi connectivity index (χ4n) is 1.80. The first-order valence-electron chi connectivity index (χ1n) is 6.32. The lowest BCUT2D eigenvalue weighted by Gasteiger charge is -2.19. The predicted molar refractivity (Wildman–Crippen MR) is 75.6 cm³/mol. The molecular formula is C14H21N3O2. The second-order valence-corrected chi connectivity index (χ2v) is 4.90. The minimum absolute atomic E-state index is 0.189. The van der Waals surface area contributed by atoms with E-state index < -0.39 is 6.04 Å². The molecule has 1 aromatic carbocycles. The van der Waals surface area contributed by atoms with Gasteiger partial charge >= 0.3 is 0 Å². The van der Waals surface area contributed by atoms with Crippen LogP contribution in [0.4, 0.5) is 5.69 Å². The fourth-order valence-corrected chi connectivity index (χ4v) is 1.80. The second-order valence-electron chi connectivity index (χ2n) is 4.90. The molecule has 0 radical (unpaired) electrons. The van der Waals surface area contributed by atoms with E-state index in [2.05, 4.69) is 10.6 Å². The van der Waals surface area contributed by atoms with Gasteiger partial charge in [-0.15, -0.1) is 0 Å². The highest BCUT2D eigenvalue weighted by molar-refractivity contribution is 5.98. The highest BCUT2D eigenvalue weighted by Crippen LogP contribution is 2.09. The third kappa shape index (κ3) is 4.62. The zero-order valence-corrected chi connectivity index (χ0v) is 11.6. The number of amides is 2. The Morgan fingerprint density at radius 2 is 2.00 bits per heavy atom. The Labute approximate surface area is 113 Å². The molecule has 0 saturated heterocycles. The number of hydrogen-bond donors (Lipinski definition) is 3. The third-order valence-corrected chi connectivity index (χ3v) is 2.72. The average Bonchev–Trinajstić information content (AvgIpc) is 2.36. The first kappa shape index (κ1) is 15.0. The zero-order chi connectivity index (χ0) is 14.4. The smallest absolute Gasteiger partial charge is 0.252 e. The molecule has 0 aromatic heterocycles. The number of nitrogen functional groups attached to an aromatic ring is 1. The molecule has 1 aromatic rings. The van der Waals surface area contributed by atoms with Gasteiger partial charge in [-0.05, 0) is 30.5 Å². The molecule has 0 spiro atoms. The summed E-state index contributed by atoms with van der Waals surface area (Å²) in [6.45, 7) is 4.01. The molecule has 19 heavy (non-hydrogen) atoms. The van der Waals surface area contributed by atoms with Crippen molar-refractivity contribution in [3.63, 3.8) is 0 Å². The molecule has 0 bridgehead atoms. The van der Waals surface area contributed by atoms with Crippen molar-refractivity contribution < 1.29 is 9.59 Å². The normalized spacial score (nSPS) is 12.0. The van der Waals surface area contributed by atoms with Gasteiger partial charge in [0.05, 0.1) is 0 Å². The summed E-state index contributed by atoms with van der Waals surface area (Å²) >= 11 is 0. The van der Waals surface area contributed by atoms with Gasteiger partial charge in [-0.2, -0.15) is 0 Å². The minimum Gasteiger partial charge on any atom is -0.399 e. The van der Waals surface area contributed by atoms with Gasteiger partial charge in [-0.3, -0.25) is 9.59 Å². The van der Waals surface area contributed by atoms with Crippen LogP contribution in [0.1, 0.15) is 30.6 Å². The first-order chi connectivity index (χ1) is 8.93. The van der Waals surface area contributed by atoms with Crippen molar-refractivity contribution >= 4 is 17.5 Å². The third-order valence-electron chi connectivity index (χ3n) is 2.72. The summed E-state index contributed by atoms with van der Waals surface area (Å²) in [5.74, 6) is -0.170. The number of likely N-dealkylation sites (N-methyl/N-ethyl adjacent to an activating group) is 1. The van der Waals surface area contributed by atoms with Crippen LogP contribution < -0.4 is 16.4 Å². The Balaban J connectivity index is 2.78. The van der Waals surface area contributed by atoms with E-state index in [9.17, 15) is 9.59 Å². The van der Waals surface area contributed by atoms with E-state index in [-0.39, 0.29) is 11.8 Å². The number of carbonyl (C=O) groups excluding carboxylic acids is 2. The van der Waals surface area contributed by atoms with E-state index in [0.29, 0.717) is 23.6 Å². The Kier molecular flexibility index (Phi) is 5.36. The number of rotatable bonds is 5. The molecule has 0 heterocycles. The maximum atomic E-state index is 12.1. The van der Waals surface area contributed by atoms with Gasteiger partial charge in [0.25, 0.3) is 5.91 Å². The molecule has 104 valence electrons. The van der Waals surface area contributed by atoms with Crippen molar-refractivity contribution in [2.24, 2.45) is 5.92 Å². The van der Waals surface area contributed by atoms with E-state index in [1.165, 1.54) is 0 Å². The van der Waals surface area contributed by atoms with E-state index in [1.54, 1.807) is 31.3 Å². The highest BCUT2D eigenvalue weighted by atomic mass is 16.2. The van der Waals surface area contributed by atoms with Crippen LogP contribution in [0, 0.1) is 5.92 Å². The van der Waals surface area contributed by atoms with Crippen molar-refractivity contribution in [3.05, 3.63) is 29.8 Å². The van der Waals surface area contributed by atoms with Crippen molar-refractivity contribution in [1.82, 2.24) is 10.6 Å². The van der Waals surface area contributed by atoms with Crippen LogP contribution in [-0.2, 0) is 4.79 Å². The van der Waals surface area contributed by atoms with Gasteiger partial charge in [0, 0.05) is 18.3 Å². The van der Waals surface area contributed by atoms with Crippen LogP contribution in [0.2, 0.25) is 0 Å². The van der Waals surface area contributed by atoms with Gasteiger partial charge in [-0.25, -0.2) is 0 Å². The summed E-state index contributed by atoms with van der Waals surface area (Å²) in [5.41, 5.74) is 6.61. The van der Waals surface area contributed by atoms with Crippen LogP contribution in [0.3, 0.4) is 0 Å². The minimum atomic E-state index is -0.529. The number of benzene rings is 1. The lowest BCUT2D eigenvalue weighted by molar-refractivity contribution is -0.122. The van der Waals surface area contributed by atoms with Gasteiger partial charge in [0.2, 0.25) is 5.91 Å². The Morgan fingerprint density at radius 1 is 1.32 bits per heavy atom. The summed E-state index contributed by atoms with van der Waals surface area (Å²) in [5, 5.41) is 5.30. The number of carbonyl (C=O) groups is 2. The molecule has 5 nitrogen and oxygen atoms in total. The molecule has 1 atom stereocenters. The SMILES string of the molecule is CNC(=O)C(CC(C)C)NC(=O)c1cccc(N)c1. The molecule has 2 amide bonds. The zero-order valence-electron chi connectivity index (χ0n) is 11.6. The summed E-state index contributed by atoms with van der Waals surface area (Å²) in [7, 11) is 1.56. The first-order valence-corrected chi connectivity index (χ1v) is 6.32. The summed E-state index contributed by atoms with van der Waals surface area (Å²) < 4.78 is 0. The second kappa shape index (κ2) is 6.78. The topological polar surface area (TPSA) is 84.2 Å². The number of anilines is 1. The van der Waals surface area contributed by atoms with Crippen molar-refractivity contribution in [1.29, 1.82) is 0 Å². The monoisotopic (exact) mass is 263 g/mol. The van der Waals surface area contributed by atoms with E-state index in [1.807, 2.05) is 13.8 Å². The van der Waals surface area contributed by atoms with Gasteiger partial charge in [-0.1, -0.05) is 19.9 Å². The van der Waals surface area contributed by atoms with Crippen LogP contribution in [-0.4, -0.2) is 24.9 Å². The molecule has 0 aliphatic heterocycles.